The molecule has 0 atom stereocenters. The molecular formula is C25H24F2N4OS. The third-order valence-corrected chi connectivity index (χ3v) is 7.37. The highest BCUT2D eigenvalue weighted by atomic mass is 32.1. The Balaban J connectivity index is 1.34. The van der Waals surface area contributed by atoms with Crippen LogP contribution in [0.5, 0.6) is 5.75 Å². The monoisotopic (exact) mass is 466 g/mol. The van der Waals surface area contributed by atoms with Crippen LogP contribution in [0.1, 0.15) is 41.0 Å². The molecule has 0 spiro atoms. The molecule has 5 nitrogen and oxygen atoms in total. The molecule has 0 radical (unpaired) electrons. The number of nitrogens with one attached hydrogen (secondary N) is 1. The third-order valence-electron chi connectivity index (χ3n) is 6.53. The summed E-state index contributed by atoms with van der Waals surface area (Å²) < 4.78 is 33.3. The van der Waals surface area contributed by atoms with Gasteiger partial charge < -0.3 is 14.6 Å². The van der Waals surface area contributed by atoms with Crippen LogP contribution in [0.4, 0.5) is 14.7 Å². The fraction of sp³-hybridized carbons (Fsp3) is 0.360. The number of ether oxygens (including phenoxy) is 1. The van der Waals surface area contributed by atoms with Gasteiger partial charge in [-0.25, -0.2) is 9.97 Å². The van der Waals surface area contributed by atoms with Gasteiger partial charge in [0, 0.05) is 42.1 Å². The smallest absolute Gasteiger partial charge is 0.387 e. The number of fused-ring (bicyclic) bond motifs is 4. The van der Waals surface area contributed by atoms with Gasteiger partial charge in [-0.05, 0) is 55.4 Å². The molecule has 0 saturated carbocycles. The minimum Gasteiger partial charge on any atom is -0.434 e. The van der Waals surface area contributed by atoms with Crippen molar-refractivity contribution in [3.8, 4) is 17.0 Å². The number of rotatable bonds is 5. The fourth-order valence-corrected chi connectivity index (χ4v) is 5.74. The molecule has 33 heavy (non-hydrogen) atoms. The molecule has 1 aliphatic carbocycles. The van der Waals surface area contributed by atoms with Crippen molar-refractivity contribution in [2.24, 2.45) is 0 Å². The maximum absolute atomic E-state index is 13.2. The topological polar surface area (TPSA) is 52.0 Å². The zero-order chi connectivity index (χ0) is 22.4. The van der Waals surface area contributed by atoms with E-state index in [1.54, 1.807) is 17.4 Å². The van der Waals surface area contributed by atoms with Crippen molar-refractivity contribution in [1.29, 1.82) is 0 Å². The van der Waals surface area contributed by atoms with Crippen LogP contribution in [0.3, 0.4) is 0 Å². The molecule has 170 valence electrons. The van der Waals surface area contributed by atoms with Gasteiger partial charge in [0.15, 0.2) is 0 Å². The second-order valence-corrected chi connectivity index (χ2v) is 9.63. The predicted molar refractivity (Wildman–Crippen MR) is 126 cm³/mol. The number of benzene rings is 2. The lowest BCUT2D eigenvalue weighted by atomic mass is 9.90. The van der Waals surface area contributed by atoms with E-state index in [9.17, 15) is 8.78 Å². The molecule has 2 aromatic carbocycles. The molecule has 6 rings (SSSR count). The molecular weight excluding hydrogens is 442 g/mol. The molecule has 1 aliphatic heterocycles. The van der Waals surface area contributed by atoms with Crippen LogP contribution in [0.2, 0.25) is 0 Å². The lowest BCUT2D eigenvalue weighted by molar-refractivity contribution is -0.0503. The molecule has 0 unspecified atom stereocenters. The summed E-state index contributed by atoms with van der Waals surface area (Å²) in [5.74, 6) is 0.943. The lowest BCUT2D eigenvalue weighted by Crippen LogP contribution is -2.17. The minimum absolute atomic E-state index is 0.165. The van der Waals surface area contributed by atoms with Gasteiger partial charge in [-0.1, -0.05) is 12.1 Å². The van der Waals surface area contributed by atoms with E-state index in [-0.39, 0.29) is 5.75 Å². The van der Waals surface area contributed by atoms with Crippen LogP contribution in [0.25, 0.3) is 22.3 Å². The van der Waals surface area contributed by atoms with Crippen molar-refractivity contribution >= 4 is 28.3 Å². The number of imidazole rings is 1. The Morgan fingerprint density at radius 3 is 2.82 bits per heavy atom. The first kappa shape index (κ1) is 20.6. The van der Waals surface area contributed by atoms with E-state index in [0.29, 0.717) is 17.5 Å². The molecule has 0 amide bonds. The molecule has 3 heterocycles. The molecule has 1 N–H and O–H groups in total. The van der Waals surface area contributed by atoms with E-state index in [0.717, 1.165) is 60.1 Å². The molecule has 0 fully saturated rings. The molecule has 0 bridgehead atoms. The van der Waals surface area contributed by atoms with E-state index in [1.165, 1.54) is 24.0 Å². The van der Waals surface area contributed by atoms with Gasteiger partial charge >= 0.3 is 6.61 Å². The Kier molecular flexibility index (Phi) is 5.25. The van der Waals surface area contributed by atoms with Crippen molar-refractivity contribution in [3.05, 3.63) is 57.4 Å². The summed E-state index contributed by atoms with van der Waals surface area (Å²) in [5, 5.41) is 6.20. The lowest BCUT2D eigenvalue weighted by Gasteiger charge is -2.16. The number of hydrogen-bond acceptors (Lipinski definition) is 5. The molecule has 4 aromatic rings. The van der Waals surface area contributed by atoms with Crippen molar-refractivity contribution < 1.29 is 13.5 Å². The standard InChI is InChI=1S/C25H24F2N4OS/c26-24(27)32-22-13-19-21(31-9-3-8-28-25(31)30-19)11-18(22)12-23-29-20(14-33-23)17-7-6-15-4-1-2-5-16(15)10-17/h6-7,10-11,13-14,24H,1-5,8-9,12H2,(H,28,30). The quantitative estimate of drug-likeness (QED) is 0.389. The maximum Gasteiger partial charge on any atom is 0.387 e. The summed E-state index contributed by atoms with van der Waals surface area (Å²) in [7, 11) is 0. The van der Waals surface area contributed by atoms with Crippen LogP contribution in [-0.4, -0.2) is 27.7 Å². The van der Waals surface area contributed by atoms with Crippen LogP contribution >= 0.6 is 11.3 Å². The largest absolute Gasteiger partial charge is 0.434 e. The van der Waals surface area contributed by atoms with Crippen LogP contribution in [0, 0.1) is 0 Å². The average Bonchev–Trinajstić information content (AvgIpc) is 3.43. The number of thiazole rings is 1. The van der Waals surface area contributed by atoms with Gasteiger partial charge in [-0.3, -0.25) is 0 Å². The van der Waals surface area contributed by atoms with Gasteiger partial charge in [0.1, 0.15) is 5.75 Å². The van der Waals surface area contributed by atoms with E-state index < -0.39 is 6.61 Å². The normalized spacial score (nSPS) is 15.4. The number of nitrogens with zero attached hydrogens (tertiary/aromatic N) is 3. The highest BCUT2D eigenvalue weighted by Gasteiger charge is 2.20. The maximum atomic E-state index is 13.2. The summed E-state index contributed by atoms with van der Waals surface area (Å²) in [4.78, 5) is 9.40. The average molecular weight is 467 g/mol. The van der Waals surface area contributed by atoms with E-state index in [4.69, 9.17) is 9.72 Å². The zero-order valence-corrected chi connectivity index (χ0v) is 18.9. The number of hydrogen-bond donors (Lipinski definition) is 1. The number of halogens is 2. The first-order valence-electron chi connectivity index (χ1n) is 11.4. The number of anilines is 1. The summed E-state index contributed by atoms with van der Waals surface area (Å²) in [5.41, 5.74) is 7.21. The number of aryl methyl sites for hydroxylation is 3. The van der Waals surface area contributed by atoms with Crippen molar-refractivity contribution in [2.75, 3.05) is 11.9 Å². The van der Waals surface area contributed by atoms with Gasteiger partial charge in [0.2, 0.25) is 5.95 Å². The zero-order valence-electron chi connectivity index (χ0n) is 18.1. The van der Waals surface area contributed by atoms with Crippen LogP contribution in [0.15, 0.2) is 35.7 Å². The highest BCUT2D eigenvalue weighted by Crippen LogP contribution is 2.34. The van der Waals surface area contributed by atoms with Gasteiger partial charge in [-0.2, -0.15) is 8.78 Å². The first-order chi connectivity index (χ1) is 16.1. The highest BCUT2D eigenvalue weighted by molar-refractivity contribution is 7.10. The number of alkyl halides is 2. The Morgan fingerprint density at radius 1 is 1.06 bits per heavy atom. The summed E-state index contributed by atoms with van der Waals surface area (Å²) in [6, 6.07) is 10.2. The second kappa shape index (κ2) is 8.41. The molecule has 0 saturated heterocycles. The number of aromatic nitrogens is 3. The van der Waals surface area contributed by atoms with Crippen molar-refractivity contribution in [3.63, 3.8) is 0 Å². The Bertz CT molecular complexity index is 1330. The molecule has 2 aliphatic rings. The fourth-order valence-electron chi connectivity index (χ4n) is 4.92. The minimum atomic E-state index is -2.89. The van der Waals surface area contributed by atoms with Gasteiger partial charge in [0.25, 0.3) is 0 Å². The summed E-state index contributed by atoms with van der Waals surface area (Å²) in [6.45, 7) is -1.17. The predicted octanol–water partition coefficient (Wildman–Crippen LogP) is 6.05. The Hall–Kier alpha value is -3.00. The third kappa shape index (κ3) is 3.97. The first-order valence-corrected chi connectivity index (χ1v) is 12.3. The van der Waals surface area contributed by atoms with Crippen molar-refractivity contribution in [2.45, 2.75) is 51.7 Å². The van der Waals surface area contributed by atoms with Gasteiger partial charge in [0.05, 0.1) is 21.7 Å². The Morgan fingerprint density at radius 2 is 1.94 bits per heavy atom. The van der Waals surface area contributed by atoms with E-state index in [2.05, 4.69) is 38.4 Å². The van der Waals surface area contributed by atoms with E-state index >= 15 is 0 Å². The molecule has 8 heteroatoms. The van der Waals surface area contributed by atoms with Crippen LogP contribution in [-0.2, 0) is 25.8 Å². The molecule has 2 aromatic heterocycles. The SMILES string of the molecule is FC(F)Oc1cc2nc3n(c2cc1Cc1nc(-c2ccc4c(c2)CCCC4)cs1)CCCN3. The second-order valence-electron chi connectivity index (χ2n) is 8.69. The van der Waals surface area contributed by atoms with Crippen LogP contribution < -0.4 is 10.1 Å². The Labute approximate surface area is 194 Å². The van der Waals surface area contributed by atoms with Crippen molar-refractivity contribution in [1.82, 2.24) is 14.5 Å². The van der Waals surface area contributed by atoms with Gasteiger partial charge in [-0.15, -0.1) is 11.3 Å². The van der Waals surface area contributed by atoms with E-state index in [1.807, 2.05) is 6.07 Å². The summed E-state index contributed by atoms with van der Waals surface area (Å²) >= 11 is 1.55. The summed E-state index contributed by atoms with van der Waals surface area (Å²) in [6.07, 6.45) is 6.21.